The molecule has 0 aromatic heterocycles. The second-order valence-corrected chi connectivity index (χ2v) is 5.90. The molecule has 0 radical (unpaired) electrons. The van der Waals surface area contributed by atoms with E-state index in [0.717, 1.165) is 12.2 Å². The molecule has 0 rings (SSSR count). The smallest absolute Gasteiger partial charge is 0.105 e. The van der Waals surface area contributed by atoms with Gasteiger partial charge >= 0.3 is 0 Å². The van der Waals surface area contributed by atoms with Crippen molar-refractivity contribution in [3.63, 3.8) is 0 Å². The summed E-state index contributed by atoms with van der Waals surface area (Å²) in [5.41, 5.74) is -0.462. The van der Waals surface area contributed by atoms with E-state index in [-0.39, 0.29) is 6.61 Å². The lowest BCUT2D eigenvalue weighted by molar-refractivity contribution is 0.322. The van der Waals surface area contributed by atoms with Gasteiger partial charge in [0.15, 0.2) is 0 Å². The second kappa shape index (κ2) is 7.10. The molecule has 0 heterocycles. The van der Waals surface area contributed by atoms with Crippen molar-refractivity contribution < 1.29 is 5.11 Å². The van der Waals surface area contributed by atoms with E-state index in [9.17, 15) is 0 Å². The molecule has 0 amide bonds. The maximum absolute atomic E-state index is 9.14. The van der Waals surface area contributed by atoms with Gasteiger partial charge in [-0.25, -0.2) is 0 Å². The van der Waals surface area contributed by atoms with E-state index in [1.54, 1.807) is 11.8 Å². The van der Waals surface area contributed by atoms with E-state index < -0.39 is 5.54 Å². The van der Waals surface area contributed by atoms with Crippen LogP contribution in [0.3, 0.4) is 0 Å². The number of hydrogen-bond acceptors (Lipinski definition) is 4. The monoisotopic (exact) mass is 230 g/mol. The number of aliphatic hydroxyl groups is 1. The van der Waals surface area contributed by atoms with Crippen molar-refractivity contribution in [2.45, 2.75) is 50.9 Å². The summed E-state index contributed by atoms with van der Waals surface area (Å²) in [5, 5.41) is 21.5. The minimum atomic E-state index is -0.462. The third-order valence-electron chi connectivity index (χ3n) is 2.04. The summed E-state index contributed by atoms with van der Waals surface area (Å²) >= 11 is 1.70. The van der Waals surface area contributed by atoms with Gasteiger partial charge in [0.05, 0.1) is 12.7 Å². The highest BCUT2D eigenvalue weighted by molar-refractivity contribution is 7.99. The number of rotatable bonds is 7. The van der Waals surface area contributed by atoms with Gasteiger partial charge in [0.1, 0.15) is 5.54 Å². The molecule has 0 aliphatic heterocycles. The van der Waals surface area contributed by atoms with Crippen molar-refractivity contribution in [1.29, 1.82) is 5.26 Å². The van der Waals surface area contributed by atoms with Crippen LogP contribution in [0.25, 0.3) is 0 Å². The third kappa shape index (κ3) is 6.77. The van der Waals surface area contributed by atoms with Crippen LogP contribution in [0.2, 0.25) is 0 Å². The summed E-state index contributed by atoms with van der Waals surface area (Å²) < 4.78 is 0. The van der Waals surface area contributed by atoms with E-state index in [1.165, 1.54) is 0 Å². The maximum Gasteiger partial charge on any atom is 0.105 e. The van der Waals surface area contributed by atoms with E-state index in [4.69, 9.17) is 10.4 Å². The first-order valence-electron chi connectivity index (χ1n) is 5.35. The summed E-state index contributed by atoms with van der Waals surface area (Å²) in [7, 11) is 0. The normalized spacial score (nSPS) is 17.1. The highest BCUT2D eigenvalue weighted by Crippen LogP contribution is 2.21. The molecule has 0 bridgehead atoms. The molecule has 0 aromatic rings. The van der Waals surface area contributed by atoms with Gasteiger partial charge < -0.3 is 5.11 Å². The van der Waals surface area contributed by atoms with Crippen molar-refractivity contribution in [2.75, 3.05) is 12.4 Å². The number of hydrogen-bond donors (Lipinski definition) is 2. The number of aliphatic hydroxyl groups excluding tert-OH is 1. The third-order valence-corrected chi connectivity index (χ3v) is 3.20. The Bertz CT molecular complexity index is 215. The van der Waals surface area contributed by atoms with Crippen LogP contribution in [0.4, 0.5) is 0 Å². The van der Waals surface area contributed by atoms with E-state index in [1.807, 2.05) is 20.8 Å². The number of nitrogens with one attached hydrogen (secondary N) is 1. The molecule has 2 N–H and O–H groups in total. The molecule has 0 saturated carbocycles. The van der Waals surface area contributed by atoms with Crippen LogP contribution in [0.5, 0.6) is 0 Å². The average molecular weight is 230 g/mol. The van der Waals surface area contributed by atoms with Crippen LogP contribution >= 0.6 is 11.8 Å². The molecule has 4 heteroatoms. The lowest BCUT2D eigenvalue weighted by Crippen LogP contribution is -2.46. The minimum absolute atomic E-state index is 0.204. The van der Waals surface area contributed by atoms with Crippen molar-refractivity contribution >= 4 is 11.8 Å². The molecule has 0 aromatic carbocycles. The summed E-state index contributed by atoms with van der Waals surface area (Å²) in [5.74, 6) is 0.740. The molecule has 0 aliphatic rings. The van der Waals surface area contributed by atoms with Gasteiger partial charge in [-0.3, -0.25) is 5.32 Å². The van der Waals surface area contributed by atoms with Crippen LogP contribution in [-0.4, -0.2) is 34.3 Å². The first-order valence-corrected chi connectivity index (χ1v) is 6.40. The Hall–Kier alpha value is -0.240. The molecular weight excluding hydrogens is 208 g/mol. The Labute approximate surface area is 97.2 Å². The summed E-state index contributed by atoms with van der Waals surface area (Å²) in [6.07, 6.45) is 0.798. The fraction of sp³-hybridized carbons (Fsp3) is 0.909. The zero-order chi connectivity index (χ0) is 11.9. The highest BCUT2D eigenvalue weighted by Gasteiger charge is 2.26. The highest BCUT2D eigenvalue weighted by atomic mass is 32.2. The van der Waals surface area contributed by atoms with Crippen LogP contribution in [0.15, 0.2) is 0 Å². The predicted octanol–water partition coefficient (Wildman–Crippen LogP) is 1.77. The summed E-state index contributed by atoms with van der Waals surface area (Å²) in [4.78, 5) is 0. The Balaban J connectivity index is 4.13. The van der Waals surface area contributed by atoms with Crippen LogP contribution < -0.4 is 5.32 Å². The molecule has 2 unspecified atom stereocenters. The van der Waals surface area contributed by atoms with Gasteiger partial charge in [-0.05, 0) is 27.2 Å². The zero-order valence-electron chi connectivity index (χ0n) is 10.1. The second-order valence-electron chi connectivity index (χ2n) is 4.35. The number of thioether (sulfide) groups is 1. The first kappa shape index (κ1) is 14.8. The quantitative estimate of drug-likeness (QED) is 0.700. The Kier molecular flexibility index (Phi) is 6.99. The fourth-order valence-corrected chi connectivity index (χ4v) is 2.62. The lowest BCUT2D eigenvalue weighted by atomic mass is 9.97. The lowest BCUT2D eigenvalue weighted by Gasteiger charge is -2.28. The summed E-state index contributed by atoms with van der Waals surface area (Å²) in [6, 6.07) is 2.64. The largest absolute Gasteiger partial charge is 0.396 e. The molecule has 88 valence electrons. The van der Waals surface area contributed by atoms with Crippen molar-refractivity contribution in [2.24, 2.45) is 0 Å². The zero-order valence-corrected chi connectivity index (χ0v) is 10.9. The van der Waals surface area contributed by atoms with Gasteiger partial charge in [-0.1, -0.05) is 6.92 Å². The van der Waals surface area contributed by atoms with E-state index in [2.05, 4.69) is 18.3 Å². The molecule has 0 spiro atoms. The summed E-state index contributed by atoms with van der Waals surface area (Å²) in [6.45, 7) is 8.32. The Morgan fingerprint density at radius 2 is 2.07 bits per heavy atom. The van der Waals surface area contributed by atoms with Crippen LogP contribution in [0, 0.1) is 11.3 Å². The van der Waals surface area contributed by atoms with Crippen LogP contribution in [0.1, 0.15) is 34.1 Å². The topological polar surface area (TPSA) is 56.0 Å². The Morgan fingerprint density at radius 3 is 2.47 bits per heavy atom. The molecule has 0 aliphatic carbocycles. The van der Waals surface area contributed by atoms with E-state index in [0.29, 0.717) is 11.3 Å². The molecule has 0 fully saturated rings. The standard InChI is InChI=1S/C11H22N2OS/c1-9(2)13-11(4,8-12)7-10(3)15-6-5-14/h9-10,13-14H,5-7H2,1-4H3. The Morgan fingerprint density at radius 1 is 1.47 bits per heavy atom. The number of nitriles is 1. The van der Waals surface area contributed by atoms with Crippen LogP contribution in [-0.2, 0) is 0 Å². The maximum atomic E-state index is 9.14. The first-order chi connectivity index (χ1) is 6.93. The number of nitrogens with zero attached hydrogens (tertiary/aromatic N) is 1. The van der Waals surface area contributed by atoms with Gasteiger partial charge in [0, 0.05) is 17.0 Å². The van der Waals surface area contributed by atoms with Gasteiger partial charge in [0.25, 0.3) is 0 Å². The molecular formula is C11H22N2OS. The molecule has 0 saturated heterocycles. The molecule has 2 atom stereocenters. The average Bonchev–Trinajstić information content (AvgIpc) is 2.13. The molecule has 3 nitrogen and oxygen atoms in total. The van der Waals surface area contributed by atoms with Gasteiger partial charge in [0.2, 0.25) is 0 Å². The predicted molar refractivity (Wildman–Crippen MR) is 65.9 cm³/mol. The van der Waals surface area contributed by atoms with Crippen molar-refractivity contribution in [3.05, 3.63) is 0 Å². The van der Waals surface area contributed by atoms with Gasteiger partial charge in [-0.15, -0.1) is 0 Å². The molecule has 15 heavy (non-hydrogen) atoms. The van der Waals surface area contributed by atoms with Crippen molar-refractivity contribution in [1.82, 2.24) is 5.32 Å². The fourth-order valence-electron chi connectivity index (χ4n) is 1.66. The SMILES string of the molecule is CC(C)NC(C)(C#N)CC(C)SCCO. The van der Waals surface area contributed by atoms with Crippen molar-refractivity contribution in [3.8, 4) is 6.07 Å². The van der Waals surface area contributed by atoms with Gasteiger partial charge in [-0.2, -0.15) is 17.0 Å². The minimum Gasteiger partial charge on any atom is -0.396 e. The van der Waals surface area contributed by atoms with E-state index >= 15 is 0 Å².